The summed E-state index contributed by atoms with van der Waals surface area (Å²) in [5.74, 6) is 1.81. The van der Waals surface area contributed by atoms with Gasteiger partial charge in [0.1, 0.15) is 0 Å². The summed E-state index contributed by atoms with van der Waals surface area (Å²) >= 11 is 0. The zero-order valence-corrected chi connectivity index (χ0v) is 45.7. The van der Waals surface area contributed by atoms with Gasteiger partial charge in [0.2, 0.25) is 0 Å². The van der Waals surface area contributed by atoms with E-state index < -0.39 is 0 Å². The molecule has 0 radical (unpaired) electrons. The average Bonchev–Trinajstić information content (AvgIpc) is 3.73. The van der Waals surface area contributed by atoms with Gasteiger partial charge in [0.25, 0.3) is 0 Å². The minimum atomic E-state index is 0.585. The van der Waals surface area contributed by atoms with Gasteiger partial charge in [0.15, 0.2) is 0 Å². The monoisotopic (exact) mass is 990 g/mol. The van der Waals surface area contributed by atoms with Crippen molar-refractivity contribution >= 4 is 21.8 Å². The molecule has 1 nitrogen and oxygen atoms in total. The van der Waals surface area contributed by atoms with Crippen LogP contribution in [0.4, 0.5) is 0 Å². The smallest absolute Gasteiger partial charge is 0.0541 e. The normalized spacial score (nSPS) is 13.3. The van der Waals surface area contributed by atoms with Gasteiger partial charge in [-0.3, -0.25) is 0 Å². The molecule has 0 bridgehead atoms. The maximum atomic E-state index is 2.47. The van der Waals surface area contributed by atoms with Crippen molar-refractivity contribution in [2.45, 2.75) is 97.8 Å². The molecular weight excluding hydrogens is 915 g/mol. The van der Waals surface area contributed by atoms with Crippen molar-refractivity contribution in [1.29, 1.82) is 0 Å². The van der Waals surface area contributed by atoms with E-state index in [1.54, 1.807) is 0 Å². The van der Waals surface area contributed by atoms with Gasteiger partial charge in [0, 0.05) is 16.5 Å². The van der Waals surface area contributed by atoms with Crippen LogP contribution >= 0.6 is 0 Å². The van der Waals surface area contributed by atoms with Crippen molar-refractivity contribution in [1.82, 2.24) is 4.57 Å². The highest BCUT2D eigenvalue weighted by Gasteiger charge is 2.20. The molecule has 0 saturated carbocycles. The molecule has 380 valence electrons. The Morgan fingerprint density at radius 1 is 0.461 bits per heavy atom. The SMILES string of the molecule is CC[C@@H](Cc1ccc2c(c1)-c1ccccc1C(C)CC2)c1ccccc1.Cc1ccc(-c2ccc(C(C)CCc3ccccc3)cc2)cc1.Cc1ccc2c(c1)c1ccccc1n2-c1ccccc1.Cc1ccccc1. The first-order valence-corrected chi connectivity index (χ1v) is 27.8. The van der Waals surface area contributed by atoms with Crippen molar-refractivity contribution in [3.05, 3.63) is 305 Å². The van der Waals surface area contributed by atoms with Crippen LogP contribution in [0.1, 0.15) is 108 Å². The zero-order chi connectivity index (χ0) is 52.6. The van der Waals surface area contributed by atoms with Crippen LogP contribution in [-0.4, -0.2) is 4.57 Å². The van der Waals surface area contributed by atoms with Gasteiger partial charge in [0.05, 0.1) is 11.0 Å². The Morgan fingerprint density at radius 3 is 1.70 bits per heavy atom. The lowest BCUT2D eigenvalue weighted by atomic mass is 9.87. The number of para-hydroxylation sites is 2. The Labute approximate surface area is 454 Å². The van der Waals surface area contributed by atoms with Gasteiger partial charge >= 0.3 is 0 Å². The van der Waals surface area contributed by atoms with Crippen LogP contribution in [0, 0.1) is 20.8 Å². The highest BCUT2D eigenvalue weighted by molar-refractivity contribution is 6.09. The standard InChI is InChI=1S/C26H28.C23H24.C19H15N.C7H8/c1-3-21(22-9-5-4-6-10-22)17-20-14-16-23-15-13-19(2)24-11-7-8-12-25(24)26(23)18-20;1-18-8-12-22(13-9-18)23-16-14-21(15-17-23)19(2)10-11-20-6-4-3-5-7-20;1-14-11-12-19-17(13-14)16-9-5-6-10-18(16)20(19)15-7-3-2-4-8-15;1-7-5-3-2-4-6-7/h4-12,14,16,18-19,21H,3,13,15,17H2,1-2H3;3-9,12-17,19H,10-11H2,1-2H3;2-13H,1H3;2-6H,1H3/t19?,21-;;;/m0.../s1. The average molecular weight is 990 g/mol. The Kier molecular flexibility index (Phi) is 18.1. The summed E-state index contributed by atoms with van der Waals surface area (Å²) < 4.78 is 2.34. The third-order valence-corrected chi connectivity index (χ3v) is 15.4. The Morgan fingerprint density at radius 2 is 1.03 bits per heavy atom. The van der Waals surface area contributed by atoms with E-state index in [9.17, 15) is 0 Å². The van der Waals surface area contributed by atoms with E-state index in [1.165, 1.54) is 126 Å². The molecule has 11 aromatic rings. The number of hydrogen-bond acceptors (Lipinski definition) is 0. The molecule has 12 rings (SSSR count). The van der Waals surface area contributed by atoms with Crippen molar-refractivity contribution in [2.24, 2.45) is 0 Å². The Hall–Kier alpha value is -8.00. The summed E-state index contributed by atoms with van der Waals surface area (Å²) in [5, 5.41) is 2.64. The molecule has 2 unspecified atom stereocenters. The van der Waals surface area contributed by atoms with E-state index in [-0.39, 0.29) is 0 Å². The minimum Gasteiger partial charge on any atom is -0.309 e. The number of aryl methyl sites for hydroxylation is 5. The van der Waals surface area contributed by atoms with Gasteiger partial charge in [-0.15, -0.1) is 0 Å². The summed E-state index contributed by atoms with van der Waals surface area (Å²) in [7, 11) is 0. The van der Waals surface area contributed by atoms with Crippen LogP contribution in [0.25, 0.3) is 49.7 Å². The molecule has 0 spiro atoms. The van der Waals surface area contributed by atoms with Crippen LogP contribution in [0.2, 0.25) is 0 Å². The summed E-state index contributed by atoms with van der Waals surface area (Å²) in [6.45, 7) is 13.4. The second kappa shape index (κ2) is 26.0. The number of hydrogen-bond donors (Lipinski definition) is 0. The lowest BCUT2D eigenvalue weighted by Gasteiger charge is -2.18. The van der Waals surface area contributed by atoms with Gasteiger partial charge in [-0.2, -0.15) is 0 Å². The van der Waals surface area contributed by atoms with Crippen LogP contribution in [0.3, 0.4) is 0 Å². The second-order valence-corrected chi connectivity index (χ2v) is 21.0. The van der Waals surface area contributed by atoms with Crippen LogP contribution in [-0.2, 0) is 19.3 Å². The molecule has 0 fully saturated rings. The van der Waals surface area contributed by atoms with E-state index in [4.69, 9.17) is 0 Å². The predicted octanol–water partition coefficient (Wildman–Crippen LogP) is 20.6. The van der Waals surface area contributed by atoms with Crippen LogP contribution in [0.5, 0.6) is 0 Å². The quantitative estimate of drug-likeness (QED) is 0.129. The van der Waals surface area contributed by atoms with E-state index in [0.29, 0.717) is 17.8 Å². The van der Waals surface area contributed by atoms with Crippen molar-refractivity contribution in [3.63, 3.8) is 0 Å². The lowest BCUT2D eigenvalue weighted by Crippen LogP contribution is -2.02. The fraction of sp³-hybridized carbons (Fsp3) is 0.200. The van der Waals surface area contributed by atoms with Crippen molar-refractivity contribution in [3.8, 4) is 27.9 Å². The first kappa shape index (κ1) is 52.8. The van der Waals surface area contributed by atoms with E-state index in [2.05, 4.69) is 283 Å². The van der Waals surface area contributed by atoms with E-state index in [1.807, 2.05) is 18.2 Å². The summed E-state index contributed by atoms with van der Waals surface area (Å²) in [4.78, 5) is 0. The Bertz CT molecular complexity index is 3520. The maximum Gasteiger partial charge on any atom is 0.0541 e. The topological polar surface area (TPSA) is 4.93 Å². The first-order chi connectivity index (χ1) is 37.2. The number of fused-ring (bicyclic) bond motifs is 6. The first-order valence-electron chi connectivity index (χ1n) is 27.8. The molecule has 1 heteroatoms. The Balaban J connectivity index is 0.000000131. The molecule has 0 N–H and O–H groups in total. The number of benzene rings is 10. The van der Waals surface area contributed by atoms with Gasteiger partial charge < -0.3 is 4.57 Å². The molecule has 1 aromatic heterocycles. The highest BCUT2D eigenvalue weighted by Crippen LogP contribution is 2.39. The molecule has 0 saturated heterocycles. The molecule has 1 aliphatic rings. The minimum absolute atomic E-state index is 0.585. The molecule has 3 atom stereocenters. The highest BCUT2D eigenvalue weighted by atomic mass is 15.0. The molecule has 76 heavy (non-hydrogen) atoms. The van der Waals surface area contributed by atoms with Gasteiger partial charge in [-0.25, -0.2) is 0 Å². The summed E-state index contributed by atoms with van der Waals surface area (Å²) in [6.07, 6.45) is 7.04. The van der Waals surface area contributed by atoms with Gasteiger partial charge in [-0.05, 0) is 163 Å². The van der Waals surface area contributed by atoms with Gasteiger partial charge in [-0.1, -0.05) is 262 Å². The zero-order valence-electron chi connectivity index (χ0n) is 45.7. The number of aromatic nitrogens is 1. The molecular formula is C75H75N. The van der Waals surface area contributed by atoms with Crippen LogP contribution in [0.15, 0.2) is 255 Å². The molecule has 0 amide bonds. The summed E-state index contributed by atoms with van der Waals surface area (Å²) in [5.41, 5.74) is 22.0. The fourth-order valence-electron chi connectivity index (χ4n) is 10.8. The van der Waals surface area contributed by atoms with E-state index >= 15 is 0 Å². The predicted molar refractivity (Wildman–Crippen MR) is 328 cm³/mol. The van der Waals surface area contributed by atoms with Crippen molar-refractivity contribution < 1.29 is 0 Å². The maximum absolute atomic E-state index is 2.47. The lowest BCUT2D eigenvalue weighted by molar-refractivity contribution is 0.660. The number of nitrogens with zero attached hydrogens (tertiary/aromatic N) is 1. The third-order valence-electron chi connectivity index (χ3n) is 15.4. The van der Waals surface area contributed by atoms with E-state index in [0.717, 1.165) is 12.8 Å². The second-order valence-electron chi connectivity index (χ2n) is 21.0. The molecule has 10 aromatic carbocycles. The summed E-state index contributed by atoms with van der Waals surface area (Å²) in [6, 6.07) is 91.9. The third kappa shape index (κ3) is 13.4. The molecule has 1 heterocycles. The number of rotatable bonds is 10. The largest absolute Gasteiger partial charge is 0.309 e. The molecule has 0 aliphatic heterocycles. The molecule has 1 aliphatic carbocycles. The fourth-order valence-corrected chi connectivity index (χ4v) is 10.8. The van der Waals surface area contributed by atoms with Crippen LogP contribution < -0.4 is 0 Å². The van der Waals surface area contributed by atoms with Crippen molar-refractivity contribution in [2.75, 3.05) is 0 Å².